The van der Waals surface area contributed by atoms with E-state index in [0.29, 0.717) is 23.5 Å². The van der Waals surface area contributed by atoms with Crippen molar-refractivity contribution in [3.8, 4) is 17.2 Å². The van der Waals surface area contributed by atoms with Gasteiger partial charge in [0.1, 0.15) is 11.8 Å². The lowest BCUT2D eigenvalue weighted by Gasteiger charge is -2.12. The zero-order valence-corrected chi connectivity index (χ0v) is 17.0. The summed E-state index contributed by atoms with van der Waals surface area (Å²) in [6, 6.07) is 8.71. The Morgan fingerprint density at radius 1 is 1.28 bits per heavy atom. The maximum atomic E-state index is 12.2. The van der Waals surface area contributed by atoms with Crippen molar-refractivity contribution in [2.24, 2.45) is 5.10 Å². The number of carbonyl (C=O) groups is 2. The SMILES string of the molecule is CCOc1cc(C=NNC(=O)C(C)NC(=O)c2ccc(OC)cc2)cc(Cl)c1O. The first-order valence-corrected chi connectivity index (χ1v) is 9.16. The van der Waals surface area contributed by atoms with Crippen molar-refractivity contribution in [1.29, 1.82) is 0 Å². The number of phenols is 1. The molecule has 1 atom stereocenters. The van der Waals surface area contributed by atoms with Gasteiger partial charge in [0.2, 0.25) is 0 Å². The zero-order chi connectivity index (χ0) is 21.4. The Morgan fingerprint density at radius 3 is 2.59 bits per heavy atom. The number of carbonyl (C=O) groups excluding carboxylic acids is 2. The number of ether oxygens (including phenoxy) is 2. The molecule has 0 aromatic heterocycles. The summed E-state index contributed by atoms with van der Waals surface area (Å²) in [6.45, 7) is 3.67. The highest BCUT2D eigenvalue weighted by Gasteiger charge is 2.16. The largest absolute Gasteiger partial charge is 0.503 e. The number of aromatic hydroxyl groups is 1. The van der Waals surface area contributed by atoms with E-state index in [-0.39, 0.29) is 16.5 Å². The molecule has 1 unspecified atom stereocenters. The van der Waals surface area contributed by atoms with Crippen molar-refractivity contribution in [1.82, 2.24) is 10.7 Å². The number of hydrogen-bond acceptors (Lipinski definition) is 6. The number of methoxy groups -OCH3 is 1. The second-order valence-electron chi connectivity index (χ2n) is 5.94. The van der Waals surface area contributed by atoms with E-state index in [2.05, 4.69) is 15.8 Å². The lowest BCUT2D eigenvalue weighted by atomic mass is 10.2. The third-order valence-electron chi connectivity index (χ3n) is 3.83. The van der Waals surface area contributed by atoms with E-state index in [4.69, 9.17) is 21.1 Å². The highest BCUT2D eigenvalue weighted by atomic mass is 35.5. The van der Waals surface area contributed by atoms with Crippen molar-refractivity contribution < 1.29 is 24.2 Å². The number of nitrogens with one attached hydrogen (secondary N) is 2. The van der Waals surface area contributed by atoms with Crippen LogP contribution in [0.15, 0.2) is 41.5 Å². The highest BCUT2D eigenvalue weighted by Crippen LogP contribution is 2.34. The minimum atomic E-state index is -0.816. The van der Waals surface area contributed by atoms with Crippen LogP contribution in [0.5, 0.6) is 17.2 Å². The minimum absolute atomic E-state index is 0.101. The molecule has 3 N–H and O–H groups in total. The molecular weight excluding hydrogens is 398 g/mol. The Morgan fingerprint density at radius 2 is 1.97 bits per heavy atom. The summed E-state index contributed by atoms with van der Waals surface area (Å²) < 4.78 is 10.3. The second kappa shape index (κ2) is 10.3. The van der Waals surface area contributed by atoms with E-state index in [1.165, 1.54) is 32.4 Å². The summed E-state index contributed by atoms with van der Waals surface area (Å²) in [6.07, 6.45) is 1.35. The lowest BCUT2D eigenvalue weighted by molar-refractivity contribution is -0.122. The van der Waals surface area contributed by atoms with Gasteiger partial charge in [-0.3, -0.25) is 9.59 Å². The molecule has 2 aromatic rings. The molecule has 0 radical (unpaired) electrons. The van der Waals surface area contributed by atoms with Crippen molar-refractivity contribution in [3.05, 3.63) is 52.5 Å². The number of phenolic OH excluding ortho intramolecular Hbond substituents is 1. The molecule has 2 amide bonds. The molecule has 0 bridgehead atoms. The number of halogens is 1. The van der Waals surface area contributed by atoms with Crippen LogP contribution in [0.4, 0.5) is 0 Å². The Kier molecular flexibility index (Phi) is 7.85. The topological polar surface area (TPSA) is 109 Å². The van der Waals surface area contributed by atoms with E-state index in [0.717, 1.165) is 0 Å². The van der Waals surface area contributed by atoms with Gasteiger partial charge < -0.3 is 19.9 Å². The molecular formula is C20H22ClN3O5. The first-order chi connectivity index (χ1) is 13.8. The number of hydrogen-bond donors (Lipinski definition) is 3. The summed E-state index contributed by atoms with van der Waals surface area (Å²) in [4.78, 5) is 24.3. The van der Waals surface area contributed by atoms with E-state index in [1.807, 2.05) is 0 Å². The molecule has 0 saturated carbocycles. The van der Waals surface area contributed by atoms with Gasteiger partial charge in [-0.05, 0) is 55.8 Å². The molecule has 2 rings (SSSR count). The average molecular weight is 420 g/mol. The van der Waals surface area contributed by atoms with E-state index < -0.39 is 17.9 Å². The van der Waals surface area contributed by atoms with Gasteiger partial charge in [-0.1, -0.05) is 11.6 Å². The summed E-state index contributed by atoms with van der Waals surface area (Å²) in [5.41, 5.74) is 3.26. The number of rotatable bonds is 8. The number of benzene rings is 2. The molecule has 0 aliphatic rings. The fourth-order valence-corrected chi connectivity index (χ4v) is 2.51. The quantitative estimate of drug-likeness (QED) is 0.450. The minimum Gasteiger partial charge on any atom is -0.503 e. The molecule has 29 heavy (non-hydrogen) atoms. The summed E-state index contributed by atoms with van der Waals surface area (Å²) >= 11 is 5.95. The molecule has 0 spiro atoms. The molecule has 9 heteroatoms. The van der Waals surface area contributed by atoms with Crippen LogP contribution in [-0.4, -0.2) is 42.9 Å². The van der Waals surface area contributed by atoms with Crippen LogP contribution >= 0.6 is 11.6 Å². The molecule has 154 valence electrons. The smallest absolute Gasteiger partial charge is 0.262 e. The predicted octanol–water partition coefficient (Wildman–Crippen LogP) is 2.72. The van der Waals surface area contributed by atoms with Gasteiger partial charge in [-0.15, -0.1) is 0 Å². The first-order valence-electron chi connectivity index (χ1n) is 8.78. The lowest BCUT2D eigenvalue weighted by Crippen LogP contribution is -2.43. The fourth-order valence-electron chi connectivity index (χ4n) is 2.29. The Bertz CT molecular complexity index is 900. The summed E-state index contributed by atoms with van der Waals surface area (Å²) in [7, 11) is 1.53. The van der Waals surface area contributed by atoms with E-state index in [9.17, 15) is 14.7 Å². The van der Waals surface area contributed by atoms with Gasteiger partial charge in [0.15, 0.2) is 11.5 Å². The molecule has 8 nitrogen and oxygen atoms in total. The third-order valence-corrected chi connectivity index (χ3v) is 4.12. The summed E-state index contributed by atoms with van der Waals surface area (Å²) in [5.74, 6) is -0.218. The Labute approximate surface area is 173 Å². The maximum absolute atomic E-state index is 12.2. The fraction of sp³-hybridized carbons (Fsp3) is 0.250. The van der Waals surface area contributed by atoms with Crippen LogP contribution < -0.4 is 20.2 Å². The van der Waals surface area contributed by atoms with E-state index in [1.54, 1.807) is 31.2 Å². The molecule has 0 aliphatic carbocycles. The van der Waals surface area contributed by atoms with E-state index >= 15 is 0 Å². The Balaban J connectivity index is 1.94. The van der Waals surface area contributed by atoms with Crippen LogP contribution in [0.1, 0.15) is 29.8 Å². The van der Waals surface area contributed by atoms with Crippen molar-refractivity contribution >= 4 is 29.6 Å². The van der Waals surface area contributed by atoms with Crippen LogP contribution in [0, 0.1) is 0 Å². The number of amides is 2. The van der Waals surface area contributed by atoms with Gasteiger partial charge in [0, 0.05) is 5.56 Å². The first kappa shape index (κ1) is 22.0. The number of nitrogens with zero attached hydrogens (tertiary/aromatic N) is 1. The normalized spacial score (nSPS) is 11.7. The molecule has 0 aliphatic heterocycles. The number of hydrazone groups is 1. The summed E-state index contributed by atoms with van der Waals surface area (Å²) in [5, 5.41) is 16.4. The molecule has 0 saturated heterocycles. The van der Waals surface area contributed by atoms with Crippen LogP contribution in [0.2, 0.25) is 5.02 Å². The van der Waals surface area contributed by atoms with Crippen LogP contribution in [0.25, 0.3) is 0 Å². The molecule has 0 fully saturated rings. The van der Waals surface area contributed by atoms with Crippen LogP contribution in [-0.2, 0) is 4.79 Å². The van der Waals surface area contributed by atoms with Crippen molar-refractivity contribution in [3.63, 3.8) is 0 Å². The van der Waals surface area contributed by atoms with Gasteiger partial charge in [0.05, 0.1) is 25.0 Å². The molecule has 2 aromatic carbocycles. The van der Waals surface area contributed by atoms with Gasteiger partial charge in [0.25, 0.3) is 11.8 Å². The monoisotopic (exact) mass is 419 g/mol. The molecule has 0 heterocycles. The maximum Gasteiger partial charge on any atom is 0.262 e. The van der Waals surface area contributed by atoms with Crippen molar-refractivity contribution in [2.75, 3.05) is 13.7 Å². The van der Waals surface area contributed by atoms with Gasteiger partial charge in [-0.25, -0.2) is 5.43 Å². The Hall–Kier alpha value is -3.26. The van der Waals surface area contributed by atoms with Crippen LogP contribution in [0.3, 0.4) is 0 Å². The van der Waals surface area contributed by atoms with Gasteiger partial charge >= 0.3 is 0 Å². The zero-order valence-electron chi connectivity index (χ0n) is 16.2. The second-order valence-corrected chi connectivity index (χ2v) is 6.35. The standard InChI is InChI=1S/C20H22ClN3O5/c1-4-29-17-10-13(9-16(21)18(17)25)11-22-24-19(26)12(2)23-20(27)14-5-7-15(28-3)8-6-14/h5-12,25H,4H2,1-3H3,(H,23,27)(H,24,26). The third kappa shape index (κ3) is 6.11. The van der Waals surface area contributed by atoms with Gasteiger partial charge in [-0.2, -0.15) is 5.10 Å². The predicted molar refractivity (Wildman–Crippen MR) is 110 cm³/mol. The average Bonchev–Trinajstić information content (AvgIpc) is 2.71. The van der Waals surface area contributed by atoms with Crippen molar-refractivity contribution in [2.45, 2.75) is 19.9 Å². The highest BCUT2D eigenvalue weighted by molar-refractivity contribution is 6.32.